The van der Waals surface area contributed by atoms with E-state index in [4.69, 9.17) is 109 Å². The first-order chi connectivity index (χ1) is 90.4. The summed E-state index contributed by atoms with van der Waals surface area (Å²) >= 11 is 0. The fourth-order valence-corrected chi connectivity index (χ4v) is 18.6. The first-order valence-electron chi connectivity index (χ1n) is 77.0. The first-order valence-corrected chi connectivity index (χ1v) is 48.0. The third-order valence-corrected chi connectivity index (χ3v) is 25.9. The molecular weight excluding hydrogens is 1750 g/mol. The summed E-state index contributed by atoms with van der Waals surface area (Å²) in [5.74, 6) is -15.3. The summed E-state index contributed by atoms with van der Waals surface area (Å²) in [6.07, 6.45) is 17.0. The summed E-state index contributed by atoms with van der Waals surface area (Å²) in [5.41, 5.74) is -14.4. The topological polar surface area (TPSA) is 229 Å². The minimum atomic E-state index is -3.46. The zero-order valence-electron chi connectivity index (χ0n) is 142. The van der Waals surface area contributed by atoms with Crippen LogP contribution >= 0.6 is 0 Å². The monoisotopic (exact) mass is 2000 g/mol. The Morgan fingerprint density at radius 1 is 0.221 bits per heavy atom. The Morgan fingerprint density at radius 3 is 0.593 bits per heavy atom. The maximum atomic E-state index is 11.5. The van der Waals surface area contributed by atoms with E-state index in [0.29, 0.717) is 101 Å². The molecule has 21 nitrogen and oxygen atoms in total. The van der Waals surface area contributed by atoms with Crippen LogP contribution in [0.15, 0.2) is 169 Å². The van der Waals surface area contributed by atoms with Crippen LogP contribution in [0.25, 0.3) is 0 Å². The number of hydrogen-bond acceptors (Lipinski definition) is 21. The van der Waals surface area contributed by atoms with Gasteiger partial charge in [-0.2, -0.15) is 0 Å². The van der Waals surface area contributed by atoms with Crippen LogP contribution in [0.2, 0.25) is 0 Å². The van der Waals surface area contributed by atoms with E-state index in [1.807, 2.05) is 0 Å². The van der Waals surface area contributed by atoms with Crippen molar-refractivity contribution >= 4 is 0 Å². The standard InChI is InChI=1S/7C17H27NO2/c7*1-18(2)13-16(17(19)11-5-4-6-12-17)14-7-9-15(20-3)10-8-14/h7*7-10,16,19H,4-6,11-13H2,1-3H3/i1D3,2D3,7D,8D,9D,10D,16D;1D3,2D3,7D,8D,9D,10D,13D2;7D,8D,9D,10D,13D2,16D;1D3,7D,8D,9D,10D,16D;1D3,7D,8D,9D,10D,13D2;7D,8D,9D,10D,16D;7D,8D,9D,10D,13D2. The van der Waals surface area contributed by atoms with Crippen molar-refractivity contribution in [2.24, 2.45) is 0 Å². The van der Waals surface area contributed by atoms with Gasteiger partial charge in [-0.25, -0.2) is 0 Å². The van der Waals surface area contributed by atoms with Gasteiger partial charge < -0.3 is 103 Å². The van der Waals surface area contributed by atoms with Crippen molar-refractivity contribution < 1.29 is 148 Å². The molecule has 7 aromatic rings. The Hall–Kier alpha value is -7.42. The molecule has 7 aliphatic carbocycles. The number of hydrogen-bond donors (Lipinski definition) is 7. The SMILES string of the molecule is [2H]c1c([2H])c(C(C2(O)CCCCC2)C([2H])([2H])N(C([2H])([2H])[2H])C([2H])([2H])[2H])c([2H])c([2H])c1OC.[2H]c1c([2H])c(C(C2(O)CCCCC2)C([2H])([2H])N(C)C([2H])([2H])[2H])c([2H])c([2H])c1OC.[2H]c1c([2H])c(C(C2(O)CCCCC2)C([2H])([2H])N(C)C)c([2H])c([2H])c1OC.[2H]c1c([2H])c(C([2H])(C2(O)CCCCC2)C([2H])([2H])N(C)C)c([2H])c([2H])c1OC.[2H]c1c([2H])c(C([2H])(CN(C([2H])([2H])[2H])C([2H])([2H])[2H])C2(O)CCCCC2)c([2H])c([2H])c1OC.[2H]c1c([2H])c(C([2H])(CN(C)C([2H])([2H])[2H])C2(O)CCCCC2)c([2H])c([2H])c1OC.[2H]c1c([2H])c(C([2H])(CN(C)C)C2(O)CCCCC2)c([2H])c([2H])c1OC. The number of ether oxygens (including phenoxy) is 7. The van der Waals surface area contributed by atoms with Crippen LogP contribution in [-0.2, 0) is 0 Å². The Labute approximate surface area is 928 Å². The molecule has 140 heavy (non-hydrogen) atoms. The summed E-state index contributed by atoms with van der Waals surface area (Å²) in [7, 11) is 20.4. The lowest BCUT2D eigenvalue weighted by Gasteiger charge is -2.40. The molecule has 7 unspecified atom stereocenters. The zero-order chi connectivity index (χ0) is 152. The van der Waals surface area contributed by atoms with Gasteiger partial charge in [0.2, 0.25) is 0 Å². The van der Waals surface area contributed by atoms with Crippen LogP contribution in [-0.4, -0.2) is 303 Å². The molecule has 7 saturated carbocycles. The molecule has 7 aromatic carbocycles. The van der Waals surface area contributed by atoms with Gasteiger partial charge in [0.15, 0.2) is 0 Å². The molecule has 7 atom stereocenters. The highest BCUT2D eigenvalue weighted by Crippen LogP contribution is 2.49. The normalized spacial score (nSPS) is 27.7. The molecule has 7 aliphatic rings. The second kappa shape index (κ2) is 58.7. The maximum Gasteiger partial charge on any atom is 0.118 e. The third-order valence-electron chi connectivity index (χ3n) is 25.9. The zero-order valence-corrected chi connectivity index (χ0v) is 84.2. The second-order valence-corrected chi connectivity index (χ2v) is 37.3. The molecule has 0 aromatic heterocycles. The molecule has 0 radical (unpaired) electrons. The highest BCUT2D eigenvalue weighted by atomic mass is 16.5. The van der Waals surface area contributed by atoms with Gasteiger partial charge in [0, 0.05) is 128 Å². The molecule has 0 saturated heterocycles. The molecule has 0 spiro atoms. The minimum Gasteiger partial charge on any atom is -0.497 e. The van der Waals surface area contributed by atoms with Crippen molar-refractivity contribution in [1.82, 2.24) is 34.3 Å². The van der Waals surface area contributed by atoms with Crippen molar-refractivity contribution in [2.75, 3.05) is 194 Å². The molecular formula is C119H189N7O14. The molecule has 21 heteroatoms. The Kier molecular flexibility index (Phi) is 24.6. The van der Waals surface area contributed by atoms with Gasteiger partial charge in [-0.05, 0) is 312 Å². The average molecular weight is 2000 g/mol. The van der Waals surface area contributed by atoms with Gasteiger partial charge >= 0.3 is 0 Å². The number of rotatable bonds is 35. The molecule has 0 heterocycles. The number of aliphatic hydroxyl groups is 7. The van der Waals surface area contributed by atoms with Crippen molar-refractivity contribution in [3.63, 3.8) is 0 Å². The van der Waals surface area contributed by atoms with Crippen molar-refractivity contribution in [1.29, 1.82) is 0 Å². The summed E-state index contributed by atoms with van der Waals surface area (Å²) in [6.45, 7) is -30.5. The summed E-state index contributed by atoms with van der Waals surface area (Å²) in [6, 6.07) is -14.1. The molecule has 0 aliphatic heterocycles. The quantitative estimate of drug-likeness (QED) is 0.0196. The Morgan fingerprint density at radius 2 is 0.393 bits per heavy atom. The molecule has 784 valence electrons. The van der Waals surface area contributed by atoms with Crippen LogP contribution in [0.3, 0.4) is 0 Å². The van der Waals surface area contributed by atoms with Gasteiger partial charge in [0.05, 0.1) is 127 Å². The lowest BCUT2D eigenvalue weighted by atomic mass is 9.72. The van der Waals surface area contributed by atoms with E-state index in [9.17, 15) is 39.9 Å². The van der Waals surface area contributed by atoms with Gasteiger partial charge in [0.1, 0.15) is 40.2 Å². The van der Waals surface area contributed by atoms with E-state index in [0.717, 1.165) is 95.3 Å². The fourth-order valence-electron chi connectivity index (χ4n) is 18.6. The molecule has 7 N–H and O–H groups in total. The number of nitrogens with zero attached hydrogens (tertiary/aromatic N) is 7. The van der Waals surface area contributed by atoms with Gasteiger partial charge in [-0.3, -0.25) is 0 Å². The van der Waals surface area contributed by atoms with E-state index in [1.165, 1.54) is 61.6 Å². The Balaban J connectivity index is 0.000000276. The Bertz CT molecular complexity index is 7420. The minimum absolute atomic E-state index is 0.0257. The van der Waals surface area contributed by atoms with E-state index in [2.05, 4.69) is 0 Å². The van der Waals surface area contributed by atoms with E-state index < -0.39 is 305 Å². The first kappa shape index (κ1) is 58.8. The van der Waals surface area contributed by atoms with Crippen molar-refractivity contribution in [3.05, 3.63) is 208 Å². The predicted octanol–water partition coefficient (Wildman–Crippen LogP) is 21.2. The highest BCUT2D eigenvalue weighted by molar-refractivity contribution is 5.38. The lowest BCUT2D eigenvalue weighted by molar-refractivity contribution is -0.0280. The second-order valence-electron chi connectivity index (χ2n) is 37.3. The van der Waals surface area contributed by atoms with Gasteiger partial charge in [-0.15, -0.1) is 0 Å². The van der Waals surface area contributed by atoms with E-state index in [1.54, 1.807) is 33.1 Å². The highest BCUT2D eigenvalue weighted by Gasteiger charge is 2.46. The van der Waals surface area contributed by atoms with Crippen LogP contribution < -0.4 is 33.2 Å². The number of benzene rings is 7. The van der Waals surface area contributed by atoms with Crippen LogP contribution in [0, 0.1) is 0 Å². The molecule has 7 fully saturated rings. The van der Waals surface area contributed by atoms with Crippen molar-refractivity contribution in [3.8, 4) is 40.2 Å². The summed E-state index contributed by atoms with van der Waals surface area (Å²) < 4.78 is 509. The number of methoxy groups -OCH3 is 7. The smallest absolute Gasteiger partial charge is 0.118 e. The van der Waals surface area contributed by atoms with E-state index in [-0.39, 0.29) is 186 Å². The predicted molar refractivity (Wildman–Crippen MR) is 576 cm³/mol. The average Bonchev–Trinajstić information content (AvgIpc) is 0.696. The summed E-state index contributed by atoms with van der Waals surface area (Å²) in [5, 5.41) is 79.9. The van der Waals surface area contributed by atoms with Crippen LogP contribution in [0.5, 0.6) is 40.2 Å². The maximum absolute atomic E-state index is 11.5. The number of likely N-dealkylation sites (N-methyl/N-ethyl adjacent to an activating group) is 7. The largest absolute Gasteiger partial charge is 0.497 e. The third kappa shape index (κ3) is 36.7. The van der Waals surface area contributed by atoms with Gasteiger partial charge in [-0.1, -0.05) is 219 Å². The molecule has 14 rings (SSSR count). The summed E-state index contributed by atoms with van der Waals surface area (Å²) in [4.78, 5) is 5.46. The fraction of sp³-hybridized carbons (Fsp3) is 0.647. The van der Waals surface area contributed by atoms with Crippen molar-refractivity contribution in [2.45, 2.75) is 305 Å². The van der Waals surface area contributed by atoms with Crippen LogP contribution in [0.1, 0.15) is 385 Å². The molecule has 0 amide bonds. The van der Waals surface area contributed by atoms with Gasteiger partial charge in [0.25, 0.3) is 0 Å². The van der Waals surface area contributed by atoms with E-state index >= 15 is 0 Å². The van der Waals surface area contributed by atoms with Crippen LogP contribution in [0.4, 0.5) is 0 Å². The lowest BCUT2D eigenvalue weighted by Crippen LogP contribution is -2.42. The molecule has 0 bridgehead atoms.